The number of aromatic nitrogens is 2. The number of hydrogen-bond donors (Lipinski definition) is 1. The molecule has 0 spiro atoms. The number of nitroso groups, excluding NO2 is 1. The summed E-state index contributed by atoms with van der Waals surface area (Å²) >= 11 is 5.88. The highest BCUT2D eigenvalue weighted by molar-refractivity contribution is 6.31. The predicted octanol–water partition coefficient (Wildman–Crippen LogP) is 3.50. The van der Waals surface area contributed by atoms with Crippen molar-refractivity contribution in [2.45, 2.75) is 39.0 Å². The number of amides is 2. The van der Waals surface area contributed by atoms with Gasteiger partial charge in [-0.2, -0.15) is 10.0 Å². The molecule has 0 aliphatic carbocycles. The summed E-state index contributed by atoms with van der Waals surface area (Å²) in [7, 11) is 0. The minimum atomic E-state index is -0.782. The molecule has 2 N–H and O–H groups in total. The van der Waals surface area contributed by atoms with Gasteiger partial charge in [0.15, 0.2) is 0 Å². The number of rotatable bonds is 4. The molecule has 1 atom stereocenters. The molecule has 0 bridgehead atoms. The fourth-order valence-electron chi connectivity index (χ4n) is 3.29. The number of carbonyl (C=O) groups excluding carboxylic acids is 2. The van der Waals surface area contributed by atoms with Crippen molar-refractivity contribution < 1.29 is 18.7 Å². The zero-order valence-electron chi connectivity index (χ0n) is 16.7. The van der Waals surface area contributed by atoms with Gasteiger partial charge in [0.05, 0.1) is 28.9 Å². The lowest BCUT2D eigenvalue weighted by Crippen LogP contribution is -2.45. The van der Waals surface area contributed by atoms with Gasteiger partial charge in [0, 0.05) is 12.1 Å². The third-order valence-electron chi connectivity index (χ3n) is 4.50. The van der Waals surface area contributed by atoms with Crippen LogP contribution < -0.4 is 5.73 Å². The molecule has 1 aliphatic rings. The topological polar surface area (TPSA) is 120 Å². The van der Waals surface area contributed by atoms with E-state index in [9.17, 15) is 18.9 Å². The summed E-state index contributed by atoms with van der Waals surface area (Å²) in [5.41, 5.74) is 5.84. The van der Waals surface area contributed by atoms with Crippen LogP contribution >= 0.6 is 11.6 Å². The first-order valence-corrected chi connectivity index (χ1v) is 9.53. The summed E-state index contributed by atoms with van der Waals surface area (Å²) in [6.07, 6.45) is -0.604. The summed E-state index contributed by atoms with van der Waals surface area (Å²) in [6, 6.07) is 3.27. The summed E-state index contributed by atoms with van der Waals surface area (Å²) in [5, 5.41) is 7.23. The maximum absolute atomic E-state index is 13.6. The number of benzene rings is 1. The van der Waals surface area contributed by atoms with Crippen molar-refractivity contribution in [3.05, 3.63) is 45.2 Å². The highest BCUT2D eigenvalue weighted by Crippen LogP contribution is 2.33. The third-order valence-corrected chi connectivity index (χ3v) is 4.79. The molecule has 0 saturated carbocycles. The maximum atomic E-state index is 13.6. The Morgan fingerprint density at radius 1 is 1.40 bits per heavy atom. The van der Waals surface area contributed by atoms with E-state index in [1.54, 1.807) is 20.8 Å². The first-order chi connectivity index (χ1) is 14.0. The van der Waals surface area contributed by atoms with Crippen LogP contribution in [-0.4, -0.2) is 45.4 Å². The van der Waals surface area contributed by atoms with E-state index in [4.69, 9.17) is 22.1 Å². The van der Waals surface area contributed by atoms with Gasteiger partial charge in [-0.25, -0.2) is 9.18 Å². The van der Waals surface area contributed by atoms with E-state index in [1.165, 1.54) is 21.7 Å². The number of nitrogens with zero attached hydrogens (tertiary/aromatic N) is 4. The van der Waals surface area contributed by atoms with Crippen LogP contribution in [0, 0.1) is 10.7 Å². The molecule has 9 nitrogen and oxygen atoms in total. The quantitative estimate of drug-likeness (QED) is 0.734. The molecule has 2 heterocycles. The second kappa shape index (κ2) is 8.02. The Kier molecular flexibility index (Phi) is 5.80. The fourth-order valence-corrected chi connectivity index (χ4v) is 3.47. The lowest BCUT2D eigenvalue weighted by molar-refractivity contribution is 0.0162. The van der Waals surface area contributed by atoms with Crippen molar-refractivity contribution in [2.24, 2.45) is 10.9 Å². The zero-order valence-corrected chi connectivity index (χ0v) is 17.4. The number of hydrogen-bond acceptors (Lipinski definition) is 6. The van der Waals surface area contributed by atoms with Crippen molar-refractivity contribution in [3.8, 4) is 11.3 Å². The van der Waals surface area contributed by atoms with Crippen LogP contribution in [0.15, 0.2) is 23.4 Å². The predicted molar refractivity (Wildman–Crippen MR) is 107 cm³/mol. The van der Waals surface area contributed by atoms with Crippen LogP contribution in [0.5, 0.6) is 0 Å². The molecule has 2 amide bonds. The summed E-state index contributed by atoms with van der Waals surface area (Å²) in [4.78, 5) is 37.3. The number of nitrogens with two attached hydrogens (primary N) is 1. The highest BCUT2D eigenvalue weighted by Gasteiger charge is 2.36. The van der Waals surface area contributed by atoms with Crippen LogP contribution in [0.3, 0.4) is 0 Å². The van der Waals surface area contributed by atoms with Gasteiger partial charge in [-0.1, -0.05) is 16.8 Å². The lowest BCUT2D eigenvalue weighted by atomic mass is 10.0. The molecular formula is C19H21ClFN5O4. The van der Waals surface area contributed by atoms with Gasteiger partial charge in [0.1, 0.15) is 23.7 Å². The van der Waals surface area contributed by atoms with Crippen molar-refractivity contribution in [2.75, 3.05) is 13.1 Å². The van der Waals surface area contributed by atoms with Crippen molar-refractivity contribution >= 4 is 23.6 Å². The van der Waals surface area contributed by atoms with Crippen LogP contribution in [0.4, 0.5) is 9.18 Å². The molecule has 11 heteroatoms. The average molecular weight is 438 g/mol. The smallest absolute Gasteiger partial charge is 0.410 e. The minimum absolute atomic E-state index is 0.00945. The summed E-state index contributed by atoms with van der Waals surface area (Å²) < 4.78 is 20.5. The Hall–Kier alpha value is -3.01. The summed E-state index contributed by atoms with van der Waals surface area (Å²) in [6.45, 7) is 5.11. The normalized spacial score (nSPS) is 16.2. The molecule has 2 aromatic rings. The Morgan fingerprint density at radius 2 is 2.10 bits per heavy atom. The van der Waals surface area contributed by atoms with Crippen molar-refractivity contribution in [1.29, 1.82) is 0 Å². The third kappa shape index (κ3) is 4.28. The van der Waals surface area contributed by atoms with E-state index >= 15 is 0 Å². The molecule has 1 aromatic carbocycles. The Balaban J connectivity index is 2.11. The standard InChI is InChI=1S/C19H21ClFN5O4/c1-19(2,3)30-18(28)25-8-11(7-23-29)26-14(9-25)15(17(22)27)16(24-26)10-4-5-13(21)12(20)6-10/h4-6,11H,7-9H2,1-3H3,(H2,22,27)/t11-/m0/s1. The average Bonchev–Trinajstić information content (AvgIpc) is 3.02. The van der Waals surface area contributed by atoms with Gasteiger partial charge < -0.3 is 15.4 Å². The number of ether oxygens (including phenoxy) is 1. The second-order valence-corrected chi connectivity index (χ2v) is 8.34. The number of halogens is 2. The number of fused-ring (bicyclic) bond motifs is 1. The van der Waals surface area contributed by atoms with Crippen molar-refractivity contribution in [1.82, 2.24) is 14.7 Å². The monoisotopic (exact) mass is 437 g/mol. The Morgan fingerprint density at radius 3 is 2.67 bits per heavy atom. The van der Waals surface area contributed by atoms with E-state index in [-0.39, 0.29) is 35.9 Å². The highest BCUT2D eigenvalue weighted by atomic mass is 35.5. The molecule has 30 heavy (non-hydrogen) atoms. The van der Waals surface area contributed by atoms with Gasteiger partial charge in [0.2, 0.25) is 0 Å². The lowest BCUT2D eigenvalue weighted by Gasteiger charge is -2.34. The van der Waals surface area contributed by atoms with E-state index in [1.807, 2.05) is 0 Å². The Labute approximate surface area is 176 Å². The molecule has 0 unspecified atom stereocenters. The Bertz CT molecular complexity index is 1020. The first-order valence-electron chi connectivity index (χ1n) is 9.15. The molecule has 0 saturated heterocycles. The van der Waals surface area contributed by atoms with E-state index in [0.717, 1.165) is 6.07 Å². The molecule has 1 aromatic heterocycles. The zero-order chi connectivity index (χ0) is 22.2. The van der Waals surface area contributed by atoms with Gasteiger partial charge >= 0.3 is 6.09 Å². The van der Waals surface area contributed by atoms with Gasteiger partial charge in [0.25, 0.3) is 5.91 Å². The SMILES string of the molecule is CC(C)(C)OC(=O)N1Cc2c(C(N)=O)c(-c3ccc(F)c(Cl)c3)nn2[C@@H](CN=O)C1. The van der Waals surface area contributed by atoms with Crippen LogP contribution in [0.25, 0.3) is 11.3 Å². The molecule has 3 rings (SSSR count). The minimum Gasteiger partial charge on any atom is -0.444 e. The first kappa shape index (κ1) is 21.7. The van der Waals surface area contributed by atoms with Crippen molar-refractivity contribution in [3.63, 3.8) is 0 Å². The van der Waals surface area contributed by atoms with Gasteiger partial charge in [-0.15, -0.1) is 0 Å². The largest absolute Gasteiger partial charge is 0.444 e. The molecule has 160 valence electrons. The van der Waals surface area contributed by atoms with Gasteiger partial charge in [-0.3, -0.25) is 9.48 Å². The van der Waals surface area contributed by atoms with E-state index in [0.29, 0.717) is 11.3 Å². The number of carbonyl (C=O) groups is 2. The fraction of sp³-hybridized carbons (Fsp3) is 0.421. The van der Waals surface area contributed by atoms with E-state index < -0.39 is 29.5 Å². The van der Waals surface area contributed by atoms with Gasteiger partial charge in [-0.05, 0) is 39.0 Å². The number of primary amides is 1. The molecule has 0 fully saturated rings. The van der Waals surface area contributed by atoms with Crippen LogP contribution in [0.2, 0.25) is 5.02 Å². The molecule has 1 aliphatic heterocycles. The summed E-state index contributed by atoms with van der Waals surface area (Å²) in [5.74, 6) is -1.40. The second-order valence-electron chi connectivity index (χ2n) is 7.93. The van der Waals surface area contributed by atoms with Crippen LogP contribution in [0.1, 0.15) is 42.9 Å². The van der Waals surface area contributed by atoms with Crippen LogP contribution in [-0.2, 0) is 11.3 Å². The van der Waals surface area contributed by atoms with E-state index in [2.05, 4.69) is 10.3 Å². The molecule has 0 radical (unpaired) electrons. The maximum Gasteiger partial charge on any atom is 0.410 e. The molecular weight excluding hydrogens is 417 g/mol.